The van der Waals surface area contributed by atoms with Crippen molar-refractivity contribution < 1.29 is 9.32 Å². The fourth-order valence-corrected chi connectivity index (χ4v) is 3.27. The molecule has 2 aliphatic rings. The summed E-state index contributed by atoms with van der Waals surface area (Å²) < 4.78 is 5.08. The average Bonchev–Trinajstić information content (AvgIpc) is 3.12. The van der Waals surface area contributed by atoms with Gasteiger partial charge in [-0.1, -0.05) is 5.16 Å². The SMILES string of the molecule is Cc1noc2ncc(C(=O)N3C[C@H]4CNC[C@H]4C3)cc12.Cl. The van der Waals surface area contributed by atoms with Crippen molar-refractivity contribution in [3.63, 3.8) is 0 Å². The molecule has 0 aliphatic carbocycles. The first kappa shape index (κ1) is 14.3. The van der Waals surface area contributed by atoms with Crippen LogP contribution in [0.1, 0.15) is 16.1 Å². The Morgan fingerprint density at radius 1 is 1.38 bits per heavy atom. The Balaban J connectivity index is 0.00000132. The molecule has 4 heterocycles. The number of carbonyl (C=O) groups excluding carboxylic acids is 1. The van der Waals surface area contributed by atoms with Crippen molar-refractivity contribution in [1.82, 2.24) is 20.4 Å². The number of fused-ring (bicyclic) bond motifs is 2. The number of rotatable bonds is 1. The largest absolute Gasteiger partial charge is 0.338 e. The summed E-state index contributed by atoms with van der Waals surface area (Å²) in [6.45, 7) is 5.59. The normalized spacial score (nSPS) is 24.1. The van der Waals surface area contributed by atoms with Crippen molar-refractivity contribution in [2.24, 2.45) is 11.8 Å². The van der Waals surface area contributed by atoms with E-state index in [-0.39, 0.29) is 18.3 Å². The van der Waals surface area contributed by atoms with Crippen LogP contribution in [0.5, 0.6) is 0 Å². The second kappa shape index (κ2) is 5.27. The smallest absolute Gasteiger partial charge is 0.257 e. The maximum atomic E-state index is 12.6. The zero-order valence-electron chi connectivity index (χ0n) is 11.7. The van der Waals surface area contributed by atoms with Crippen LogP contribution in [-0.4, -0.2) is 47.1 Å². The van der Waals surface area contributed by atoms with Crippen molar-refractivity contribution in [2.75, 3.05) is 26.2 Å². The van der Waals surface area contributed by atoms with Gasteiger partial charge in [-0.3, -0.25) is 4.79 Å². The summed E-state index contributed by atoms with van der Waals surface area (Å²) in [6.07, 6.45) is 1.58. The average molecular weight is 309 g/mol. The van der Waals surface area contributed by atoms with Crippen molar-refractivity contribution in [1.29, 1.82) is 0 Å². The molecule has 1 amide bonds. The molecule has 1 N–H and O–H groups in total. The summed E-state index contributed by atoms with van der Waals surface area (Å²) in [6, 6.07) is 1.84. The van der Waals surface area contributed by atoms with Crippen LogP contribution in [0.4, 0.5) is 0 Å². The molecule has 2 fully saturated rings. The molecule has 0 unspecified atom stereocenters. The molecule has 0 spiro atoms. The van der Waals surface area contributed by atoms with Gasteiger partial charge < -0.3 is 14.7 Å². The molecule has 112 valence electrons. The van der Waals surface area contributed by atoms with Gasteiger partial charge in [0.05, 0.1) is 16.6 Å². The van der Waals surface area contributed by atoms with E-state index < -0.39 is 0 Å². The minimum atomic E-state index is 0. The lowest BCUT2D eigenvalue weighted by atomic mass is 10.0. The predicted octanol–water partition coefficient (Wildman–Crippen LogP) is 1.24. The van der Waals surface area contributed by atoms with Crippen LogP contribution in [0.3, 0.4) is 0 Å². The summed E-state index contributed by atoms with van der Waals surface area (Å²) in [5.74, 6) is 1.27. The highest BCUT2D eigenvalue weighted by atomic mass is 35.5. The lowest BCUT2D eigenvalue weighted by Gasteiger charge is -2.17. The Morgan fingerprint density at radius 2 is 2.10 bits per heavy atom. The van der Waals surface area contributed by atoms with Crippen LogP contribution < -0.4 is 5.32 Å². The number of hydrogen-bond acceptors (Lipinski definition) is 5. The number of pyridine rings is 1. The van der Waals surface area contributed by atoms with Crippen molar-refractivity contribution >= 4 is 29.4 Å². The van der Waals surface area contributed by atoms with Crippen molar-refractivity contribution in [3.8, 4) is 0 Å². The first-order valence-corrected chi connectivity index (χ1v) is 6.94. The van der Waals surface area contributed by atoms with Crippen LogP contribution in [0.15, 0.2) is 16.8 Å². The van der Waals surface area contributed by atoms with Gasteiger partial charge in [0, 0.05) is 32.4 Å². The van der Waals surface area contributed by atoms with Crippen LogP contribution >= 0.6 is 12.4 Å². The van der Waals surface area contributed by atoms with Gasteiger partial charge in [-0.15, -0.1) is 12.4 Å². The van der Waals surface area contributed by atoms with Crippen LogP contribution in [0, 0.1) is 18.8 Å². The molecule has 6 nitrogen and oxygen atoms in total. The maximum Gasteiger partial charge on any atom is 0.257 e. The third kappa shape index (κ3) is 2.28. The van der Waals surface area contributed by atoms with E-state index in [2.05, 4.69) is 15.5 Å². The summed E-state index contributed by atoms with van der Waals surface area (Å²) in [5.41, 5.74) is 1.88. The fraction of sp³-hybridized carbons (Fsp3) is 0.500. The number of nitrogens with one attached hydrogen (secondary N) is 1. The lowest BCUT2D eigenvalue weighted by Crippen LogP contribution is -2.31. The summed E-state index contributed by atoms with van der Waals surface area (Å²) in [7, 11) is 0. The lowest BCUT2D eigenvalue weighted by molar-refractivity contribution is 0.0781. The number of aryl methyl sites for hydroxylation is 1. The second-order valence-corrected chi connectivity index (χ2v) is 5.73. The number of amides is 1. The molecule has 2 aromatic rings. The fourth-order valence-electron chi connectivity index (χ4n) is 3.27. The van der Waals surface area contributed by atoms with Crippen LogP contribution in [-0.2, 0) is 0 Å². The molecule has 0 radical (unpaired) electrons. The van der Waals surface area contributed by atoms with Crippen LogP contribution in [0.2, 0.25) is 0 Å². The minimum absolute atomic E-state index is 0. The number of carbonyl (C=O) groups is 1. The molecule has 0 bridgehead atoms. The first-order valence-electron chi connectivity index (χ1n) is 6.94. The van der Waals surface area contributed by atoms with Crippen molar-refractivity contribution in [2.45, 2.75) is 6.92 Å². The Labute approximate surface area is 128 Å². The number of nitrogens with zero attached hydrogens (tertiary/aromatic N) is 3. The third-order valence-electron chi connectivity index (χ3n) is 4.43. The second-order valence-electron chi connectivity index (χ2n) is 5.73. The quantitative estimate of drug-likeness (QED) is 0.858. The molecule has 21 heavy (non-hydrogen) atoms. The Kier molecular flexibility index (Phi) is 3.59. The van der Waals surface area contributed by atoms with E-state index in [0.717, 1.165) is 37.3 Å². The van der Waals surface area contributed by atoms with Gasteiger partial charge in [0.1, 0.15) is 0 Å². The Hall–Kier alpha value is -1.66. The molecule has 2 atom stereocenters. The first-order chi connectivity index (χ1) is 9.72. The summed E-state index contributed by atoms with van der Waals surface area (Å²) in [5, 5.41) is 8.07. The number of aromatic nitrogens is 2. The molecule has 0 saturated carbocycles. The van der Waals surface area contributed by atoms with Gasteiger partial charge >= 0.3 is 0 Å². The number of hydrogen-bond donors (Lipinski definition) is 1. The molecule has 0 aromatic carbocycles. The Morgan fingerprint density at radius 3 is 2.81 bits per heavy atom. The highest BCUT2D eigenvalue weighted by Crippen LogP contribution is 2.28. The zero-order valence-corrected chi connectivity index (χ0v) is 12.5. The Bertz CT molecular complexity index is 675. The monoisotopic (exact) mass is 308 g/mol. The van der Waals surface area contributed by atoms with Gasteiger partial charge in [0.2, 0.25) is 0 Å². The minimum Gasteiger partial charge on any atom is -0.338 e. The molecule has 2 aromatic heterocycles. The van der Waals surface area contributed by atoms with Gasteiger partial charge in [-0.25, -0.2) is 4.98 Å². The maximum absolute atomic E-state index is 12.6. The van der Waals surface area contributed by atoms with E-state index in [1.807, 2.05) is 17.9 Å². The topological polar surface area (TPSA) is 71.3 Å². The number of likely N-dealkylation sites (tertiary alicyclic amines) is 1. The molecule has 7 heteroatoms. The predicted molar refractivity (Wildman–Crippen MR) is 79.5 cm³/mol. The standard InChI is InChI=1S/C14H16N4O2.ClH/c1-8-12-2-9(5-16-13(12)20-17-8)14(19)18-6-10-3-15-4-11(10)7-18;/h2,5,10-11,15H,3-4,6-7H2,1H3;1H/t10-,11+;. The van der Waals surface area contributed by atoms with E-state index in [1.165, 1.54) is 0 Å². The molecular formula is C14H17ClN4O2. The van der Waals surface area contributed by atoms with Gasteiger partial charge in [-0.2, -0.15) is 0 Å². The van der Waals surface area contributed by atoms with E-state index in [1.54, 1.807) is 6.20 Å². The van der Waals surface area contributed by atoms with Crippen molar-refractivity contribution in [3.05, 3.63) is 23.5 Å². The van der Waals surface area contributed by atoms with E-state index in [0.29, 0.717) is 23.1 Å². The van der Waals surface area contributed by atoms with Gasteiger partial charge in [0.25, 0.3) is 11.6 Å². The summed E-state index contributed by atoms with van der Waals surface area (Å²) in [4.78, 5) is 18.7. The molecule has 2 saturated heterocycles. The van der Waals surface area contributed by atoms with E-state index >= 15 is 0 Å². The van der Waals surface area contributed by atoms with E-state index in [9.17, 15) is 4.79 Å². The number of halogens is 1. The third-order valence-corrected chi connectivity index (χ3v) is 4.43. The van der Waals surface area contributed by atoms with Gasteiger partial charge in [-0.05, 0) is 24.8 Å². The molecule has 4 rings (SSSR count). The zero-order chi connectivity index (χ0) is 13.7. The molecular weight excluding hydrogens is 292 g/mol. The van der Waals surface area contributed by atoms with Gasteiger partial charge in [0.15, 0.2) is 0 Å². The molecule has 2 aliphatic heterocycles. The van der Waals surface area contributed by atoms with E-state index in [4.69, 9.17) is 4.52 Å². The van der Waals surface area contributed by atoms with Crippen LogP contribution in [0.25, 0.3) is 11.1 Å². The highest BCUT2D eigenvalue weighted by molar-refractivity contribution is 5.97. The summed E-state index contributed by atoms with van der Waals surface area (Å²) >= 11 is 0. The highest BCUT2D eigenvalue weighted by Gasteiger charge is 2.38.